The summed E-state index contributed by atoms with van der Waals surface area (Å²) >= 11 is 1.45. The van der Waals surface area contributed by atoms with Gasteiger partial charge in [0.1, 0.15) is 11.0 Å². The Hall–Kier alpha value is -3.39. The average Bonchev–Trinajstić information content (AvgIpc) is 3.32. The van der Waals surface area contributed by atoms with Crippen molar-refractivity contribution in [2.24, 2.45) is 0 Å². The lowest BCUT2D eigenvalue weighted by molar-refractivity contribution is 0.872. The molecule has 0 aliphatic carbocycles. The van der Waals surface area contributed by atoms with E-state index in [0.29, 0.717) is 21.9 Å². The van der Waals surface area contributed by atoms with E-state index >= 15 is 0 Å². The van der Waals surface area contributed by atoms with E-state index in [-0.39, 0.29) is 5.56 Å². The van der Waals surface area contributed by atoms with Crippen molar-refractivity contribution < 1.29 is 0 Å². The Kier molecular flexibility index (Phi) is 3.98. The molecule has 0 saturated carbocycles. The molecule has 4 heterocycles. The van der Waals surface area contributed by atoms with Gasteiger partial charge in [-0.2, -0.15) is 5.10 Å². The lowest BCUT2D eigenvalue weighted by atomic mass is 10.3. The van der Waals surface area contributed by atoms with E-state index in [1.54, 1.807) is 10.9 Å². The Labute approximate surface area is 164 Å². The predicted molar refractivity (Wildman–Crippen MR) is 109 cm³/mol. The Morgan fingerprint density at radius 2 is 1.93 bits per heavy atom. The molecule has 0 aliphatic heterocycles. The van der Waals surface area contributed by atoms with Gasteiger partial charge in [-0.1, -0.05) is 36.0 Å². The summed E-state index contributed by atoms with van der Waals surface area (Å²) in [5.74, 6) is 0.606. The van der Waals surface area contributed by atoms with Gasteiger partial charge in [-0.15, -0.1) is 0 Å². The quantitative estimate of drug-likeness (QED) is 0.377. The van der Waals surface area contributed by atoms with Crippen molar-refractivity contribution in [2.45, 2.75) is 17.8 Å². The van der Waals surface area contributed by atoms with Crippen molar-refractivity contribution in [1.29, 1.82) is 0 Å². The van der Waals surface area contributed by atoms with Gasteiger partial charge in [-0.3, -0.25) is 4.79 Å². The van der Waals surface area contributed by atoms with Crippen LogP contribution in [0, 0.1) is 6.92 Å². The fourth-order valence-electron chi connectivity index (χ4n) is 3.14. The summed E-state index contributed by atoms with van der Waals surface area (Å²) < 4.78 is 3.69. The van der Waals surface area contributed by atoms with Crippen LogP contribution >= 0.6 is 11.8 Å². The number of rotatable bonds is 4. The van der Waals surface area contributed by atoms with Gasteiger partial charge < -0.3 is 9.38 Å². The first-order chi connectivity index (χ1) is 13.7. The summed E-state index contributed by atoms with van der Waals surface area (Å²) in [5, 5.41) is 5.35. The number of hydrogen-bond acceptors (Lipinski definition) is 5. The Morgan fingerprint density at radius 3 is 2.75 bits per heavy atom. The normalized spacial score (nSPS) is 11.5. The fraction of sp³-hybridized carbons (Fsp3) is 0.100. The third kappa shape index (κ3) is 2.87. The molecule has 138 valence electrons. The molecule has 1 N–H and O–H groups in total. The van der Waals surface area contributed by atoms with Crippen LogP contribution < -0.4 is 5.56 Å². The summed E-state index contributed by atoms with van der Waals surface area (Å²) in [6, 6.07) is 13.7. The molecule has 0 radical (unpaired) electrons. The van der Waals surface area contributed by atoms with Crippen molar-refractivity contribution in [3.8, 4) is 5.69 Å². The lowest BCUT2D eigenvalue weighted by Gasteiger charge is -2.03. The summed E-state index contributed by atoms with van der Waals surface area (Å²) in [7, 11) is 0. The van der Waals surface area contributed by atoms with E-state index in [1.807, 2.05) is 66.2 Å². The number of nitrogens with zero attached hydrogens (tertiary/aromatic N) is 5. The zero-order chi connectivity index (χ0) is 19.1. The molecule has 0 unspecified atom stereocenters. The lowest BCUT2D eigenvalue weighted by Crippen LogP contribution is -2.09. The minimum absolute atomic E-state index is 0.194. The Bertz CT molecular complexity index is 1350. The first-order valence-electron chi connectivity index (χ1n) is 8.78. The standard InChI is InChI=1S/C20H16N6OS/c1-13-6-5-9-25-11-14(22-17(13)25)12-28-20-23-18-16(19(27)24-20)10-21-26(18)15-7-3-2-4-8-15/h2-11H,12H2,1H3,(H,23,24,27). The van der Waals surface area contributed by atoms with E-state index in [2.05, 4.69) is 20.1 Å². The number of nitrogens with one attached hydrogen (secondary N) is 1. The van der Waals surface area contributed by atoms with Gasteiger partial charge in [0, 0.05) is 18.1 Å². The van der Waals surface area contributed by atoms with Crippen molar-refractivity contribution >= 4 is 28.4 Å². The molecule has 0 amide bonds. The van der Waals surface area contributed by atoms with Crippen LogP contribution in [0.4, 0.5) is 0 Å². The van der Waals surface area contributed by atoms with Crippen LogP contribution in [0.3, 0.4) is 0 Å². The van der Waals surface area contributed by atoms with Crippen LogP contribution in [-0.4, -0.2) is 29.1 Å². The molecule has 5 aromatic rings. The number of H-pyrrole nitrogens is 1. The maximum atomic E-state index is 12.5. The number of fused-ring (bicyclic) bond motifs is 2. The zero-order valence-electron chi connectivity index (χ0n) is 15.0. The molecule has 5 rings (SSSR count). The van der Waals surface area contributed by atoms with E-state index in [4.69, 9.17) is 0 Å². The van der Waals surface area contributed by atoms with E-state index in [0.717, 1.165) is 22.6 Å². The van der Waals surface area contributed by atoms with Crippen LogP contribution in [0.15, 0.2) is 71.0 Å². The first-order valence-corrected chi connectivity index (χ1v) is 9.77. The maximum Gasteiger partial charge on any atom is 0.262 e. The molecular formula is C20H16N6OS. The molecule has 0 bridgehead atoms. The topological polar surface area (TPSA) is 80.9 Å². The summed E-state index contributed by atoms with van der Waals surface area (Å²) in [6.45, 7) is 2.04. The third-order valence-electron chi connectivity index (χ3n) is 4.50. The number of para-hydroxylation sites is 1. The second-order valence-electron chi connectivity index (χ2n) is 6.44. The van der Waals surface area contributed by atoms with Crippen molar-refractivity contribution in [2.75, 3.05) is 0 Å². The van der Waals surface area contributed by atoms with Crippen LogP contribution in [0.1, 0.15) is 11.3 Å². The van der Waals surface area contributed by atoms with E-state index in [9.17, 15) is 4.79 Å². The number of pyridine rings is 1. The fourth-order valence-corrected chi connectivity index (χ4v) is 3.88. The van der Waals surface area contributed by atoms with Gasteiger partial charge in [-0.05, 0) is 30.7 Å². The van der Waals surface area contributed by atoms with E-state index in [1.165, 1.54) is 11.8 Å². The van der Waals surface area contributed by atoms with Gasteiger partial charge >= 0.3 is 0 Å². The molecule has 28 heavy (non-hydrogen) atoms. The molecule has 0 saturated heterocycles. The van der Waals surface area contributed by atoms with E-state index < -0.39 is 0 Å². The largest absolute Gasteiger partial charge is 0.307 e. The van der Waals surface area contributed by atoms with Crippen molar-refractivity contribution in [3.05, 3.63) is 82.7 Å². The number of aromatic amines is 1. The van der Waals surface area contributed by atoms with Crippen molar-refractivity contribution in [1.82, 2.24) is 29.1 Å². The highest BCUT2D eigenvalue weighted by atomic mass is 32.2. The minimum atomic E-state index is -0.194. The number of benzene rings is 1. The number of imidazole rings is 1. The van der Waals surface area contributed by atoms with Gasteiger partial charge in [-0.25, -0.2) is 14.6 Å². The Morgan fingerprint density at radius 1 is 1.07 bits per heavy atom. The van der Waals surface area contributed by atoms with Crippen LogP contribution in [0.25, 0.3) is 22.4 Å². The molecule has 0 fully saturated rings. The molecule has 4 aromatic heterocycles. The SMILES string of the molecule is Cc1cccn2cc(CSc3nc4c(cnn4-c4ccccc4)c(=O)[nH]3)nc12. The van der Waals surface area contributed by atoms with Gasteiger partial charge in [0.25, 0.3) is 5.56 Å². The maximum absolute atomic E-state index is 12.5. The third-order valence-corrected chi connectivity index (χ3v) is 5.41. The molecule has 0 aliphatic rings. The van der Waals surface area contributed by atoms with Crippen LogP contribution in [0.2, 0.25) is 0 Å². The highest BCUT2D eigenvalue weighted by Crippen LogP contribution is 2.21. The smallest absolute Gasteiger partial charge is 0.262 e. The number of hydrogen-bond donors (Lipinski definition) is 1. The molecule has 7 nitrogen and oxygen atoms in total. The first kappa shape index (κ1) is 16.8. The average molecular weight is 388 g/mol. The van der Waals surface area contributed by atoms with Gasteiger partial charge in [0.2, 0.25) is 0 Å². The monoisotopic (exact) mass is 388 g/mol. The molecular weight excluding hydrogens is 372 g/mol. The highest BCUT2D eigenvalue weighted by molar-refractivity contribution is 7.98. The zero-order valence-corrected chi connectivity index (χ0v) is 15.8. The molecule has 0 spiro atoms. The predicted octanol–water partition coefficient (Wildman–Crippen LogP) is 3.36. The summed E-state index contributed by atoms with van der Waals surface area (Å²) in [6.07, 6.45) is 5.53. The highest BCUT2D eigenvalue weighted by Gasteiger charge is 2.12. The van der Waals surface area contributed by atoms with Gasteiger partial charge in [0.05, 0.1) is 17.6 Å². The van der Waals surface area contributed by atoms with Crippen LogP contribution in [-0.2, 0) is 5.75 Å². The summed E-state index contributed by atoms with van der Waals surface area (Å²) in [4.78, 5) is 24.6. The Balaban J connectivity index is 1.49. The number of thioether (sulfide) groups is 1. The van der Waals surface area contributed by atoms with Crippen molar-refractivity contribution in [3.63, 3.8) is 0 Å². The molecule has 0 atom stereocenters. The number of aromatic nitrogens is 6. The molecule has 1 aromatic carbocycles. The second-order valence-corrected chi connectivity index (χ2v) is 7.41. The number of aryl methyl sites for hydroxylation is 1. The summed E-state index contributed by atoms with van der Waals surface area (Å²) in [5.41, 5.74) is 4.21. The van der Waals surface area contributed by atoms with Gasteiger partial charge in [0.15, 0.2) is 10.8 Å². The van der Waals surface area contributed by atoms with Crippen LogP contribution in [0.5, 0.6) is 0 Å². The second kappa shape index (κ2) is 6.65. The minimum Gasteiger partial charge on any atom is -0.307 e. The molecule has 8 heteroatoms.